The van der Waals surface area contributed by atoms with E-state index in [2.05, 4.69) is 62.5 Å². The van der Waals surface area contributed by atoms with Crippen molar-refractivity contribution in [1.82, 2.24) is 0 Å². The first kappa shape index (κ1) is 54.5. The SMILES string of the molecule is CC/C=C\C/C=C\C/C=C\C/C=C\CCCCCCCCCCCCCCCOCC(COP(=O)([O-])OCC[N+](C)(C)C)OC(=O)CCCCCCCCCC. The number of nitrogens with zero attached hydrogens (tertiary/aromatic N) is 1. The van der Waals surface area contributed by atoms with E-state index in [1.807, 2.05) is 21.1 Å². The van der Waals surface area contributed by atoms with Gasteiger partial charge in [0.15, 0.2) is 0 Å². The molecule has 0 aliphatic heterocycles. The lowest BCUT2D eigenvalue weighted by molar-refractivity contribution is -0.870. The molecule has 0 fully saturated rings. The molecule has 8 nitrogen and oxygen atoms in total. The summed E-state index contributed by atoms with van der Waals surface area (Å²) in [4.78, 5) is 24.9. The third-order valence-corrected chi connectivity index (χ3v) is 10.6. The molecule has 0 aliphatic carbocycles. The zero-order valence-electron chi connectivity index (χ0n) is 37.1. The van der Waals surface area contributed by atoms with Crippen LogP contribution in [0.5, 0.6) is 0 Å². The number of phosphoric ester groups is 1. The van der Waals surface area contributed by atoms with E-state index in [1.54, 1.807) is 0 Å². The maximum absolute atomic E-state index is 12.6. The highest BCUT2D eigenvalue weighted by atomic mass is 31.2. The predicted molar refractivity (Wildman–Crippen MR) is 236 cm³/mol. The summed E-state index contributed by atoms with van der Waals surface area (Å²) in [6.07, 6.45) is 48.6. The van der Waals surface area contributed by atoms with Crippen molar-refractivity contribution in [2.45, 2.75) is 193 Å². The van der Waals surface area contributed by atoms with Gasteiger partial charge in [0.05, 0.1) is 34.4 Å². The topological polar surface area (TPSA) is 94.1 Å². The summed E-state index contributed by atoms with van der Waals surface area (Å²) in [5.41, 5.74) is 0. The lowest BCUT2D eigenvalue weighted by Crippen LogP contribution is -2.37. The van der Waals surface area contributed by atoms with E-state index in [9.17, 15) is 14.3 Å². The fourth-order valence-corrected chi connectivity index (χ4v) is 6.85. The van der Waals surface area contributed by atoms with Crippen LogP contribution in [-0.4, -0.2) is 70.7 Å². The van der Waals surface area contributed by atoms with E-state index < -0.39 is 13.9 Å². The molecule has 0 aromatic carbocycles. The molecular weight excluding hydrogens is 721 g/mol. The minimum absolute atomic E-state index is 0.0261. The second kappa shape index (κ2) is 40.2. The maximum atomic E-state index is 12.6. The predicted octanol–water partition coefficient (Wildman–Crippen LogP) is 12.9. The van der Waals surface area contributed by atoms with Crippen LogP contribution in [0.3, 0.4) is 0 Å². The van der Waals surface area contributed by atoms with Crippen LogP contribution >= 0.6 is 7.82 Å². The molecule has 0 spiro atoms. The molecule has 9 heteroatoms. The third-order valence-electron chi connectivity index (χ3n) is 9.64. The van der Waals surface area contributed by atoms with Gasteiger partial charge in [-0.15, -0.1) is 0 Å². The van der Waals surface area contributed by atoms with Crippen molar-refractivity contribution in [1.29, 1.82) is 0 Å². The number of allylic oxidation sites excluding steroid dienone is 8. The van der Waals surface area contributed by atoms with Crippen molar-refractivity contribution >= 4 is 13.8 Å². The third kappa shape index (κ3) is 43.6. The number of esters is 1. The Hall–Kier alpha value is -1.54. The first-order valence-corrected chi connectivity index (χ1v) is 24.3. The minimum Gasteiger partial charge on any atom is -0.756 e. The van der Waals surface area contributed by atoms with E-state index in [0.29, 0.717) is 24.1 Å². The van der Waals surface area contributed by atoms with Crippen molar-refractivity contribution in [2.24, 2.45) is 0 Å². The Morgan fingerprint density at radius 3 is 1.55 bits per heavy atom. The molecule has 0 rings (SSSR count). The molecule has 0 bridgehead atoms. The highest BCUT2D eigenvalue weighted by molar-refractivity contribution is 7.45. The van der Waals surface area contributed by atoms with E-state index in [1.165, 1.54) is 109 Å². The maximum Gasteiger partial charge on any atom is 0.306 e. The molecular formula is C47H88NO7P. The number of carbonyl (C=O) groups excluding carboxylic acids is 1. The molecule has 2 unspecified atom stereocenters. The summed E-state index contributed by atoms with van der Waals surface area (Å²) < 4.78 is 34.5. The summed E-state index contributed by atoms with van der Waals surface area (Å²) in [5.74, 6) is -0.339. The molecule has 56 heavy (non-hydrogen) atoms. The summed E-state index contributed by atoms with van der Waals surface area (Å²) in [5, 5.41) is 0. The fraction of sp³-hybridized carbons (Fsp3) is 0.809. The standard InChI is InChI=1S/C47H88NO7P/c1-6-8-10-12-14-16-17-18-19-20-21-22-23-24-25-26-27-28-29-30-31-32-33-35-37-39-42-52-44-46(45-54-56(50,51)53-43-41-48(3,4)5)55-47(49)40-38-36-34-15-13-11-9-7-2/h8,10,14,16,18-19,21-22,46H,6-7,9,11-13,15,17,20,23-45H2,1-5H3/b10-8-,16-14-,19-18-,22-21-. The number of ether oxygens (including phenoxy) is 2. The first-order chi connectivity index (χ1) is 27.1. The number of unbranched alkanes of at least 4 members (excludes halogenated alkanes) is 20. The summed E-state index contributed by atoms with van der Waals surface area (Å²) in [7, 11) is 1.36. The molecule has 0 saturated heterocycles. The van der Waals surface area contributed by atoms with Gasteiger partial charge in [-0.1, -0.05) is 178 Å². The van der Waals surface area contributed by atoms with Gasteiger partial charge in [0.2, 0.25) is 0 Å². The zero-order chi connectivity index (χ0) is 41.3. The number of likely N-dealkylation sites (N-methyl/N-ethyl adjacent to an activating group) is 1. The number of rotatable bonds is 42. The quantitative estimate of drug-likeness (QED) is 0.0199. The Morgan fingerprint density at radius 1 is 0.571 bits per heavy atom. The van der Waals surface area contributed by atoms with Crippen molar-refractivity contribution in [3.8, 4) is 0 Å². The largest absolute Gasteiger partial charge is 0.756 e. The van der Waals surface area contributed by atoms with Gasteiger partial charge in [-0.05, 0) is 51.4 Å². The van der Waals surface area contributed by atoms with Crippen LogP contribution in [0.25, 0.3) is 0 Å². The van der Waals surface area contributed by atoms with Gasteiger partial charge in [-0.2, -0.15) is 0 Å². The van der Waals surface area contributed by atoms with Crippen molar-refractivity contribution in [3.63, 3.8) is 0 Å². The van der Waals surface area contributed by atoms with Crippen LogP contribution in [0.4, 0.5) is 0 Å². The van der Waals surface area contributed by atoms with Crippen molar-refractivity contribution in [2.75, 3.05) is 54.1 Å². The van der Waals surface area contributed by atoms with E-state index in [4.69, 9.17) is 18.5 Å². The highest BCUT2D eigenvalue weighted by Crippen LogP contribution is 2.38. The smallest absolute Gasteiger partial charge is 0.306 e. The van der Waals surface area contributed by atoms with Crippen LogP contribution in [0.15, 0.2) is 48.6 Å². The van der Waals surface area contributed by atoms with Gasteiger partial charge in [-0.25, -0.2) is 0 Å². The monoisotopic (exact) mass is 810 g/mol. The van der Waals surface area contributed by atoms with Gasteiger partial charge in [0.25, 0.3) is 7.82 Å². The van der Waals surface area contributed by atoms with Gasteiger partial charge in [-0.3, -0.25) is 9.36 Å². The number of carbonyl (C=O) groups is 1. The second-order valence-electron chi connectivity index (χ2n) is 16.4. The van der Waals surface area contributed by atoms with Crippen molar-refractivity contribution in [3.05, 3.63) is 48.6 Å². The summed E-state index contributed by atoms with van der Waals surface area (Å²) >= 11 is 0. The Labute approximate surface area is 346 Å². The van der Waals surface area contributed by atoms with Crippen LogP contribution in [0.1, 0.15) is 187 Å². The normalized spacial score (nSPS) is 14.2. The van der Waals surface area contributed by atoms with Gasteiger partial charge in [0.1, 0.15) is 19.3 Å². The van der Waals surface area contributed by atoms with Crippen LogP contribution in [0.2, 0.25) is 0 Å². The molecule has 0 heterocycles. The molecule has 0 amide bonds. The van der Waals surface area contributed by atoms with Gasteiger partial charge < -0.3 is 27.9 Å². The Morgan fingerprint density at radius 2 is 1.04 bits per heavy atom. The Bertz CT molecular complexity index is 1040. The minimum atomic E-state index is -4.52. The molecule has 0 aromatic heterocycles. The lowest BCUT2D eigenvalue weighted by atomic mass is 10.0. The highest BCUT2D eigenvalue weighted by Gasteiger charge is 2.20. The fourth-order valence-electron chi connectivity index (χ4n) is 6.13. The molecule has 0 aromatic rings. The molecule has 328 valence electrons. The summed E-state index contributed by atoms with van der Waals surface area (Å²) in [6.45, 7) is 5.27. The molecule has 0 N–H and O–H groups in total. The summed E-state index contributed by atoms with van der Waals surface area (Å²) in [6, 6.07) is 0. The first-order valence-electron chi connectivity index (χ1n) is 22.9. The lowest BCUT2D eigenvalue weighted by Gasteiger charge is -2.28. The molecule has 0 aliphatic rings. The average Bonchev–Trinajstić information content (AvgIpc) is 3.15. The van der Waals surface area contributed by atoms with Crippen molar-refractivity contribution < 1.29 is 37.3 Å². The molecule has 2 atom stereocenters. The Kier molecular flexibility index (Phi) is 39.1. The van der Waals surface area contributed by atoms with Crippen LogP contribution < -0.4 is 4.89 Å². The molecule has 0 saturated carbocycles. The van der Waals surface area contributed by atoms with Gasteiger partial charge >= 0.3 is 5.97 Å². The average molecular weight is 810 g/mol. The van der Waals surface area contributed by atoms with E-state index in [-0.39, 0.29) is 25.8 Å². The zero-order valence-corrected chi connectivity index (χ0v) is 38.0. The second-order valence-corrected chi connectivity index (χ2v) is 17.8. The van der Waals surface area contributed by atoms with Crippen LogP contribution in [-0.2, 0) is 27.9 Å². The Balaban J connectivity index is 3.99. The number of phosphoric acid groups is 1. The van der Waals surface area contributed by atoms with E-state index in [0.717, 1.165) is 57.8 Å². The number of hydrogen-bond donors (Lipinski definition) is 0. The van der Waals surface area contributed by atoms with E-state index >= 15 is 0 Å². The molecule has 0 radical (unpaired) electrons. The number of hydrogen-bond acceptors (Lipinski definition) is 7. The number of quaternary nitrogens is 1. The van der Waals surface area contributed by atoms with Gasteiger partial charge in [0, 0.05) is 13.0 Å². The van der Waals surface area contributed by atoms with Crippen LogP contribution in [0, 0.1) is 0 Å².